The molecule has 5 heteroatoms. The van der Waals surface area contributed by atoms with Gasteiger partial charge in [0.2, 0.25) is 0 Å². The maximum absolute atomic E-state index is 4.28. The molecule has 0 radical (unpaired) electrons. The highest BCUT2D eigenvalue weighted by atomic mass is 15.4. The fourth-order valence-corrected chi connectivity index (χ4v) is 2.93. The van der Waals surface area contributed by atoms with Crippen molar-refractivity contribution >= 4 is 0 Å². The monoisotopic (exact) mass is 327 g/mol. The summed E-state index contributed by atoms with van der Waals surface area (Å²) in [4.78, 5) is 8.06. The van der Waals surface area contributed by atoms with Crippen LogP contribution in [0.5, 0.6) is 0 Å². The Kier molecular flexibility index (Phi) is 3.82. The number of aromatic nitrogens is 5. The van der Waals surface area contributed by atoms with Gasteiger partial charge in [-0.15, -0.1) is 5.10 Å². The van der Waals surface area contributed by atoms with Crippen molar-refractivity contribution in [3.8, 4) is 28.1 Å². The van der Waals surface area contributed by atoms with Crippen molar-refractivity contribution in [2.45, 2.75) is 13.8 Å². The van der Waals surface area contributed by atoms with E-state index in [4.69, 9.17) is 0 Å². The van der Waals surface area contributed by atoms with E-state index in [1.54, 1.807) is 17.1 Å². The van der Waals surface area contributed by atoms with Gasteiger partial charge in [-0.05, 0) is 42.2 Å². The van der Waals surface area contributed by atoms with Crippen molar-refractivity contribution in [1.29, 1.82) is 0 Å². The molecule has 0 saturated carbocycles. The Balaban J connectivity index is 1.75. The fraction of sp³-hybridized carbons (Fsp3) is 0.100. The van der Waals surface area contributed by atoms with Crippen LogP contribution in [0.4, 0.5) is 0 Å². The molecule has 0 aliphatic rings. The summed E-state index contributed by atoms with van der Waals surface area (Å²) in [6.07, 6.45) is 6.88. The molecule has 2 heterocycles. The van der Waals surface area contributed by atoms with E-state index in [0.717, 1.165) is 16.9 Å². The molecule has 0 atom stereocenters. The molecule has 122 valence electrons. The van der Waals surface area contributed by atoms with E-state index in [9.17, 15) is 0 Å². The predicted molar refractivity (Wildman–Crippen MR) is 97.3 cm³/mol. The van der Waals surface area contributed by atoms with Crippen LogP contribution in [0.2, 0.25) is 0 Å². The lowest BCUT2D eigenvalue weighted by molar-refractivity contribution is 0.798. The Morgan fingerprint density at radius 3 is 2.32 bits per heavy atom. The van der Waals surface area contributed by atoms with E-state index >= 15 is 0 Å². The van der Waals surface area contributed by atoms with Gasteiger partial charge >= 0.3 is 0 Å². The highest BCUT2D eigenvalue weighted by Gasteiger charge is 2.12. The average Bonchev–Trinajstić information content (AvgIpc) is 3.15. The molecule has 4 rings (SSSR count). The van der Waals surface area contributed by atoms with Gasteiger partial charge in [-0.3, -0.25) is 0 Å². The van der Waals surface area contributed by atoms with Crippen molar-refractivity contribution < 1.29 is 0 Å². The molecule has 4 aromatic rings. The normalized spacial score (nSPS) is 10.8. The first-order chi connectivity index (χ1) is 12.2. The lowest BCUT2D eigenvalue weighted by Crippen LogP contribution is -2.00. The Labute approximate surface area is 146 Å². The minimum Gasteiger partial charge on any atom is -0.244 e. The number of hydrogen-bond acceptors (Lipinski definition) is 4. The molecule has 2 aromatic heterocycles. The second-order valence-corrected chi connectivity index (χ2v) is 5.92. The molecule has 0 aliphatic carbocycles. The van der Waals surface area contributed by atoms with Crippen molar-refractivity contribution in [3.63, 3.8) is 0 Å². The third kappa shape index (κ3) is 2.80. The molecule has 0 fully saturated rings. The van der Waals surface area contributed by atoms with Crippen LogP contribution in [0.25, 0.3) is 28.1 Å². The lowest BCUT2D eigenvalue weighted by atomic mass is 9.96. The molecule has 2 aromatic carbocycles. The summed E-state index contributed by atoms with van der Waals surface area (Å²) in [6, 6.07) is 14.6. The van der Waals surface area contributed by atoms with E-state index in [-0.39, 0.29) is 0 Å². The predicted octanol–water partition coefficient (Wildman–Crippen LogP) is 4.01. The van der Waals surface area contributed by atoms with E-state index < -0.39 is 0 Å². The van der Waals surface area contributed by atoms with Crippen LogP contribution in [-0.2, 0) is 0 Å². The third-order valence-electron chi connectivity index (χ3n) is 4.44. The van der Waals surface area contributed by atoms with Crippen LogP contribution >= 0.6 is 0 Å². The third-order valence-corrected chi connectivity index (χ3v) is 4.44. The average molecular weight is 327 g/mol. The number of hydrogen-bond donors (Lipinski definition) is 0. The minimum absolute atomic E-state index is 0.754. The Hall–Kier alpha value is -3.34. The molecule has 0 unspecified atom stereocenters. The van der Waals surface area contributed by atoms with Gasteiger partial charge in [0, 0.05) is 18.0 Å². The van der Waals surface area contributed by atoms with Crippen LogP contribution in [0, 0.1) is 13.8 Å². The second kappa shape index (κ2) is 6.28. The maximum Gasteiger partial charge on any atom is 0.116 e. The lowest BCUT2D eigenvalue weighted by Gasteiger charge is -2.13. The topological polar surface area (TPSA) is 56.5 Å². The first-order valence-electron chi connectivity index (χ1n) is 8.08. The van der Waals surface area contributed by atoms with E-state index in [0.29, 0.717) is 0 Å². The van der Waals surface area contributed by atoms with Crippen molar-refractivity contribution in [2.24, 2.45) is 0 Å². The summed E-state index contributed by atoms with van der Waals surface area (Å²) in [5.41, 5.74) is 7.50. The molecule has 0 aliphatic heterocycles. The highest BCUT2D eigenvalue weighted by Crippen LogP contribution is 2.29. The Morgan fingerprint density at radius 1 is 0.800 bits per heavy atom. The Morgan fingerprint density at radius 2 is 1.56 bits per heavy atom. The molecular formula is C20H17N5. The van der Waals surface area contributed by atoms with E-state index in [1.165, 1.54) is 28.6 Å². The van der Waals surface area contributed by atoms with Gasteiger partial charge in [-0.1, -0.05) is 41.6 Å². The van der Waals surface area contributed by atoms with Gasteiger partial charge in [0.1, 0.15) is 12.0 Å². The zero-order valence-corrected chi connectivity index (χ0v) is 14.1. The SMILES string of the molecule is Cc1c(-c2ccccc2)ccc(-n2cc(-c3cncnc3)nn2)c1C. The van der Waals surface area contributed by atoms with Gasteiger partial charge in [0.05, 0.1) is 11.9 Å². The second-order valence-electron chi connectivity index (χ2n) is 5.92. The van der Waals surface area contributed by atoms with E-state index in [2.05, 4.69) is 70.5 Å². The maximum atomic E-state index is 4.28. The van der Waals surface area contributed by atoms with Crippen molar-refractivity contribution in [1.82, 2.24) is 25.0 Å². The molecule has 0 N–H and O–H groups in total. The first kappa shape index (κ1) is 15.2. The standard InChI is InChI=1S/C20H17N5/c1-14-15(2)20(9-8-18(14)16-6-4-3-5-7-16)25-12-19(23-24-25)17-10-21-13-22-11-17/h3-13H,1-2H3. The smallest absolute Gasteiger partial charge is 0.116 e. The number of benzene rings is 2. The molecule has 0 saturated heterocycles. The quantitative estimate of drug-likeness (QED) is 0.570. The molecule has 0 amide bonds. The molecule has 5 nitrogen and oxygen atoms in total. The zero-order chi connectivity index (χ0) is 17.2. The van der Waals surface area contributed by atoms with Crippen molar-refractivity contribution in [2.75, 3.05) is 0 Å². The summed E-state index contributed by atoms with van der Waals surface area (Å²) in [7, 11) is 0. The van der Waals surface area contributed by atoms with Gasteiger partial charge in [0.25, 0.3) is 0 Å². The van der Waals surface area contributed by atoms with Crippen LogP contribution < -0.4 is 0 Å². The van der Waals surface area contributed by atoms with Crippen LogP contribution in [-0.4, -0.2) is 25.0 Å². The van der Waals surface area contributed by atoms with Crippen molar-refractivity contribution in [3.05, 3.63) is 78.5 Å². The molecule has 25 heavy (non-hydrogen) atoms. The summed E-state index contributed by atoms with van der Waals surface area (Å²) in [5, 5.41) is 8.53. The van der Waals surface area contributed by atoms with Crippen LogP contribution in [0.3, 0.4) is 0 Å². The largest absolute Gasteiger partial charge is 0.244 e. The number of nitrogens with zero attached hydrogens (tertiary/aromatic N) is 5. The van der Waals surface area contributed by atoms with Gasteiger partial charge < -0.3 is 0 Å². The number of rotatable bonds is 3. The fourth-order valence-electron chi connectivity index (χ4n) is 2.93. The Bertz CT molecular complexity index is 1010. The van der Waals surface area contributed by atoms with E-state index in [1.807, 2.05) is 12.3 Å². The molecular weight excluding hydrogens is 310 g/mol. The summed E-state index contributed by atoms with van der Waals surface area (Å²) < 4.78 is 1.80. The summed E-state index contributed by atoms with van der Waals surface area (Å²) >= 11 is 0. The minimum atomic E-state index is 0.754. The van der Waals surface area contributed by atoms with Gasteiger partial charge in [0.15, 0.2) is 0 Å². The summed E-state index contributed by atoms with van der Waals surface area (Å²) in [5.74, 6) is 0. The highest BCUT2D eigenvalue weighted by molar-refractivity contribution is 5.71. The molecule has 0 bridgehead atoms. The van der Waals surface area contributed by atoms with Gasteiger partial charge in [-0.25, -0.2) is 14.6 Å². The van der Waals surface area contributed by atoms with Gasteiger partial charge in [-0.2, -0.15) is 0 Å². The zero-order valence-electron chi connectivity index (χ0n) is 14.1. The van der Waals surface area contributed by atoms with Crippen LogP contribution in [0.1, 0.15) is 11.1 Å². The first-order valence-corrected chi connectivity index (χ1v) is 8.08. The molecule has 0 spiro atoms. The summed E-state index contributed by atoms with van der Waals surface area (Å²) in [6.45, 7) is 4.26. The van der Waals surface area contributed by atoms with Crippen LogP contribution in [0.15, 0.2) is 67.4 Å².